The fraction of sp³-hybridized carbons (Fsp3) is 0.158. The van der Waals surface area contributed by atoms with E-state index in [0.29, 0.717) is 29.0 Å². The fourth-order valence-corrected chi connectivity index (χ4v) is 3.17. The van der Waals surface area contributed by atoms with Gasteiger partial charge in [0, 0.05) is 30.3 Å². The Morgan fingerprint density at radius 2 is 1.96 bits per heavy atom. The van der Waals surface area contributed by atoms with E-state index in [2.05, 4.69) is 6.07 Å². The topological polar surface area (TPSA) is 45.3 Å². The lowest BCUT2D eigenvalue weighted by molar-refractivity contribution is 0.104. The average molecular weight is 323 g/mol. The molecule has 3 nitrogen and oxygen atoms in total. The minimum atomic E-state index is -0.0833. The predicted molar refractivity (Wildman–Crippen MR) is 91.0 cm³/mol. The zero-order valence-corrected chi connectivity index (χ0v) is 13.5. The van der Waals surface area contributed by atoms with E-state index in [0.717, 1.165) is 16.8 Å². The smallest absolute Gasteiger partial charge is 0.196 e. The third-order valence-corrected chi connectivity index (χ3v) is 4.36. The Kier molecular flexibility index (Phi) is 4.18. The van der Waals surface area contributed by atoms with Gasteiger partial charge in [0.05, 0.1) is 22.2 Å². The van der Waals surface area contributed by atoms with Crippen molar-refractivity contribution in [2.45, 2.75) is 19.8 Å². The number of pyridine rings is 1. The number of halogens is 1. The molecule has 4 heteroatoms. The van der Waals surface area contributed by atoms with Gasteiger partial charge in [0.1, 0.15) is 0 Å². The molecule has 0 spiro atoms. The first-order valence-electron chi connectivity index (χ1n) is 7.40. The second-order valence-corrected chi connectivity index (χ2v) is 5.78. The number of nitriles is 1. The first kappa shape index (κ1) is 15.3. The molecule has 0 amide bonds. The molecule has 0 bridgehead atoms. The lowest BCUT2D eigenvalue weighted by Crippen LogP contribution is -2.03. The number of carbonyl (C=O) groups is 1. The van der Waals surface area contributed by atoms with Gasteiger partial charge in [0.2, 0.25) is 0 Å². The average Bonchev–Trinajstić information content (AvgIpc) is 2.84. The molecular weight excluding hydrogens is 308 g/mol. The molecule has 0 aliphatic rings. The van der Waals surface area contributed by atoms with Crippen LogP contribution in [0.2, 0.25) is 5.02 Å². The van der Waals surface area contributed by atoms with Crippen molar-refractivity contribution in [2.24, 2.45) is 0 Å². The van der Waals surface area contributed by atoms with Gasteiger partial charge < -0.3 is 4.40 Å². The fourth-order valence-electron chi connectivity index (χ4n) is 2.95. The first-order valence-corrected chi connectivity index (χ1v) is 7.77. The predicted octanol–water partition coefficient (Wildman–Crippen LogP) is 4.59. The number of aromatic nitrogens is 1. The quantitative estimate of drug-likeness (QED) is 0.659. The standard InChI is InChI=1S/C19H15ClN2O/c1-13-16(10-6-11-21)22-12-5-4-9-17(22)18(13)19(23)14-7-2-3-8-15(14)20/h2-5,7-9,12H,6,10H2,1H3. The molecule has 1 aromatic carbocycles. The summed E-state index contributed by atoms with van der Waals surface area (Å²) in [5.74, 6) is -0.0833. The normalized spacial score (nSPS) is 10.7. The van der Waals surface area contributed by atoms with Gasteiger partial charge in [-0.2, -0.15) is 5.26 Å². The maximum atomic E-state index is 13.0. The minimum absolute atomic E-state index is 0.0833. The summed E-state index contributed by atoms with van der Waals surface area (Å²) < 4.78 is 2.00. The highest BCUT2D eigenvalue weighted by molar-refractivity contribution is 6.35. The Morgan fingerprint density at radius 1 is 1.22 bits per heavy atom. The van der Waals surface area contributed by atoms with Crippen LogP contribution in [0, 0.1) is 18.3 Å². The van der Waals surface area contributed by atoms with Crippen LogP contribution >= 0.6 is 11.6 Å². The van der Waals surface area contributed by atoms with Crippen LogP contribution in [0.1, 0.15) is 33.6 Å². The summed E-state index contributed by atoms with van der Waals surface area (Å²) in [5, 5.41) is 9.33. The van der Waals surface area contributed by atoms with E-state index in [1.165, 1.54) is 0 Å². The van der Waals surface area contributed by atoms with Crippen molar-refractivity contribution >= 4 is 22.9 Å². The number of rotatable bonds is 4. The van der Waals surface area contributed by atoms with E-state index in [1.54, 1.807) is 12.1 Å². The zero-order valence-electron chi connectivity index (χ0n) is 12.7. The van der Waals surface area contributed by atoms with Crippen molar-refractivity contribution in [2.75, 3.05) is 0 Å². The van der Waals surface area contributed by atoms with Crippen LogP contribution in [0.5, 0.6) is 0 Å². The maximum absolute atomic E-state index is 13.0. The SMILES string of the molecule is Cc1c(C(=O)c2ccccc2Cl)c2ccccn2c1CCC#N. The Morgan fingerprint density at radius 3 is 2.70 bits per heavy atom. The Bertz CT molecular complexity index is 934. The molecule has 0 saturated heterocycles. The highest BCUT2D eigenvalue weighted by atomic mass is 35.5. The van der Waals surface area contributed by atoms with Crippen LogP contribution in [-0.2, 0) is 6.42 Å². The van der Waals surface area contributed by atoms with Gasteiger partial charge in [-0.15, -0.1) is 0 Å². The molecule has 23 heavy (non-hydrogen) atoms. The number of aryl methyl sites for hydroxylation is 1. The van der Waals surface area contributed by atoms with Gasteiger partial charge in [-0.05, 0) is 36.8 Å². The van der Waals surface area contributed by atoms with Crippen LogP contribution in [0.4, 0.5) is 0 Å². The Hall–Kier alpha value is -2.57. The van der Waals surface area contributed by atoms with E-state index in [-0.39, 0.29) is 5.78 Å². The number of hydrogen-bond acceptors (Lipinski definition) is 2. The number of nitrogens with zero attached hydrogens (tertiary/aromatic N) is 2. The molecule has 0 N–H and O–H groups in total. The van der Waals surface area contributed by atoms with Crippen molar-refractivity contribution in [3.05, 3.63) is 76.1 Å². The van der Waals surface area contributed by atoms with Crippen molar-refractivity contribution < 1.29 is 4.79 Å². The van der Waals surface area contributed by atoms with E-state index in [9.17, 15) is 4.79 Å². The van der Waals surface area contributed by atoms with Gasteiger partial charge in [-0.25, -0.2) is 0 Å². The Labute approximate surface area is 139 Å². The van der Waals surface area contributed by atoms with Gasteiger partial charge >= 0.3 is 0 Å². The van der Waals surface area contributed by atoms with Crippen LogP contribution in [0.15, 0.2) is 48.7 Å². The summed E-state index contributed by atoms with van der Waals surface area (Å²) >= 11 is 6.19. The summed E-state index contributed by atoms with van der Waals surface area (Å²) in [5.41, 5.74) is 3.92. The number of fused-ring (bicyclic) bond motifs is 1. The summed E-state index contributed by atoms with van der Waals surface area (Å²) in [4.78, 5) is 13.0. The van der Waals surface area contributed by atoms with Crippen molar-refractivity contribution in [1.82, 2.24) is 4.40 Å². The molecule has 3 rings (SSSR count). The highest BCUT2D eigenvalue weighted by Gasteiger charge is 2.22. The number of hydrogen-bond donors (Lipinski definition) is 0. The van der Waals surface area contributed by atoms with E-state index >= 15 is 0 Å². The zero-order chi connectivity index (χ0) is 16.4. The highest BCUT2D eigenvalue weighted by Crippen LogP contribution is 2.28. The second-order valence-electron chi connectivity index (χ2n) is 5.37. The number of benzene rings is 1. The lowest BCUT2D eigenvalue weighted by atomic mass is 9.99. The monoisotopic (exact) mass is 322 g/mol. The molecule has 0 atom stereocenters. The summed E-state index contributed by atoms with van der Waals surface area (Å²) in [7, 11) is 0. The van der Waals surface area contributed by atoms with Crippen molar-refractivity contribution in [3.63, 3.8) is 0 Å². The van der Waals surface area contributed by atoms with Crippen LogP contribution in [-0.4, -0.2) is 10.2 Å². The maximum Gasteiger partial charge on any atom is 0.196 e. The molecule has 2 aromatic heterocycles. The summed E-state index contributed by atoms with van der Waals surface area (Å²) in [6.07, 6.45) is 2.96. The molecule has 0 aliphatic carbocycles. The van der Waals surface area contributed by atoms with Crippen LogP contribution in [0.25, 0.3) is 5.52 Å². The molecule has 0 aliphatic heterocycles. The Balaban J connectivity index is 2.22. The van der Waals surface area contributed by atoms with Crippen molar-refractivity contribution in [3.8, 4) is 6.07 Å². The van der Waals surface area contributed by atoms with Crippen LogP contribution in [0.3, 0.4) is 0 Å². The lowest BCUT2D eigenvalue weighted by Gasteiger charge is -2.04. The van der Waals surface area contributed by atoms with Gasteiger partial charge in [-0.1, -0.05) is 29.8 Å². The van der Waals surface area contributed by atoms with E-state index in [1.807, 2.05) is 47.9 Å². The number of ketones is 1. The van der Waals surface area contributed by atoms with Gasteiger partial charge in [0.25, 0.3) is 0 Å². The van der Waals surface area contributed by atoms with Crippen molar-refractivity contribution in [1.29, 1.82) is 5.26 Å². The van der Waals surface area contributed by atoms with Gasteiger partial charge in [-0.3, -0.25) is 4.79 Å². The first-order chi connectivity index (χ1) is 11.1. The third kappa shape index (κ3) is 2.62. The van der Waals surface area contributed by atoms with E-state index < -0.39 is 0 Å². The third-order valence-electron chi connectivity index (χ3n) is 4.03. The molecule has 0 unspecified atom stereocenters. The number of carbonyl (C=O) groups excluding carboxylic acids is 1. The molecule has 114 valence electrons. The molecule has 2 heterocycles. The molecule has 0 radical (unpaired) electrons. The molecule has 0 saturated carbocycles. The second kappa shape index (κ2) is 6.28. The van der Waals surface area contributed by atoms with Gasteiger partial charge in [0.15, 0.2) is 5.78 Å². The molecule has 3 aromatic rings. The molecule has 0 fully saturated rings. The minimum Gasteiger partial charge on any atom is -0.320 e. The summed E-state index contributed by atoms with van der Waals surface area (Å²) in [6, 6.07) is 15.0. The van der Waals surface area contributed by atoms with Crippen LogP contribution < -0.4 is 0 Å². The van der Waals surface area contributed by atoms with E-state index in [4.69, 9.17) is 16.9 Å². The summed E-state index contributed by atoms with van der Waals surface area (Å²) in [6.45, 7) is 1.93. The molecular formula is C19H15ClN2O. The largest absolute Gasteiger partial charge is 0.320 e.